The van der Waals surface area contributed by atoms with Crippen LogP contribution in [0.3, 0.4) is 0 Å². The minimum Gasteiger partial charge on any atom is -0.368 e. The summed E-state index contributed by atoms with van der Waals surface area (Å²) in [5.41, 5.74) is 0.910. The van der Waals surface area contributed by atoms with E-state index in [-0.39, 0.29) is 18.4 Å². The molecular formula is C9H13NO4. The Kier molecular flexibility index (Phi) is 2.54. The Bertz CT molecular complexity index is 274. The van der Waals surface area contributed by atoms with Gasteiger partial charge in [-0.25, -0.2) is 0 Å². The Hall–Kier alpha value is -0.910. The van der Waals surface area contributed by atoms with E-state index in [0.717, 1.165) is 12.1 Å². The van der Waals surface area contributed by atoms with Crippen LogP contribution in [0.4, 0.5) is 0 Å². The summed E-state index contributed by atoms with van der Waals surface area (Å²) in [5.74, 6) is -0.0108. The highest BCUT2D eigenvalue weighted by atomic mass is 16.7. The van der Waals surface area contributed by atoms with Gasteiger partial charge in [-0.1, -0.05) is 0 Å². The third-order valence-corrected chi connectivity index (χ3v) is 2.41. The van der Waals surface area contributed by atoms with Crippen LogP contribution in [-0.2, 0) is 9.63 Å². The predicted octanol–water partition coefficient (Wildman–Crippen LogP) is -0.103. The van der Waals surface area contributed by atoms with Gasteiger partial charge in [0.05, 0.1) is 0 Å². The van der Waals surface area contributed by atoms with Crippen molar-refractivity contribution in [3.8, 4) is 0 Å². The molecule has 0 spiro atoms. The Morgan fingerprint density at radius 2 is 2.36 bits per heavy atom. The largest absolute Gasteiger partial charge is 0.368 e. The Morgan fingerprint density at radius 3 is 3.00 bits per heavy atom. The lowest BCUT2D eigenvalue weighted by Crippen LogP contribution is -2.23. The lowest BCUT2D eigenvalue weighted by atomic mass is 10.1. The van der Waals surface area contributed by atoms with Gasteiger partial charge < -0.3 is 10.2 Å². The molecule has 0 radical (unpaired) electrons. The van der Waals surface area contributed by atoms with Gasteiger partial charge in [-0.05, 0) is 18.9 Å². The summed E-state index contributed by atoms with van der Waals surface area (Å²) >= 11 is 0. The average Bonchev–Trinajstić information content (AvgIpc) is 2.65. The van der Waals surface area contributed by atoms with Crippen LogP contribution in [-0.4, -0.2) is 33.6 Å². The molecule has 2 rings (SSSR count). The Labute approximate surface area is 81.5 Å². The van der Waals surface area contributed by atoms with E-state index in [1.807, 2.05) is 6.08 Å². The van der Waals surface area contributed by atoms with Crippen molar-refractivity contribution in [2.45, 2.75) is 38.1 Å². The minimum atomic E-state index is -1.30. The van der Waals surface area contributed by atoms with E-state index >= 15 is 0 Å². The Balaban J connectivity index is 1.89. The van der Waals surface area contributed by atoms with Crippen LogP contribution in [0.2, 0.25) is 0 Å². The molecule has 5 heteroatoms. The van der Waals surface area contributed by atoms with Gasteiger partial charge in [0.25, 0.3) is 5.91 Å². The molecule has 2 aliphatic rings. The van der Waals surface area contributed by atoms with Crippen molar-refractivity contribution in [1.29, 1.82) is 0 Å². The number of allylic oxidation sites excluding steroid dienone is 1. The lowest BCUT2D eigenvalue weighted by molar-refractivity contribution is -0.172. The molecule has 1 atom stereocenters. The number of carbonyl (C=O) groups is 1. The quantitative estimate of drug-likeness (QED) is 0.622. The first kappa shape index (κ1) is 9.64. The highest BCUT2D eigenvalue weighted by molar-refractivity contribution is 5.80. The average molecular weight is 199 g/mol. The van der Waals surface area contributed by atoms with E-state index in [1.165, 1.54) is 5.06 Å². The summed E-state index contributed by atoms with van der Waals surface area (Å²) < 4.78 is 0. The number of carbonyl (C=O) groups excluding carboxylic acids is 1. The molecular weight excluding hydrogens is 186 g/mol. The molecule has 0 saturated carbocycles. The molecule has 2 N–H and O–H groups in total. The molecule has 1 fully saturated rings. The molecule has 5 nitrogen and oxygen atoms in total. The van der Waals surface area contributed by atoms with Crippen LogP contribution in [0.25, 0.3) is 0 Å². The summed E-state index contributed by atoms with van der Waals surface area (Å²) in [6, 6.07) is 0. The maximum Gasteiger partial charge on any atom is 0.250 e. The maximum atomic E-state index is 11.2. The molecule has 78 valence electrons. The van der Waals surface area contributed by atoms with E-state index < -0.39 is 6.29 Å². The molecule has 1 unspecified atom stereocenters. The minimum absolute atomic E-state index is 0.0108. The van der Waals surface area contributed by atoms with Crippen LogP contribution >= 0.6 is 0 Å². The fourth-order valence-corrected chi connectivity index (χ4v) is 1.71. The molecule has 0 aromatic heterocycles. The predicted molar refractivity (Wildman–Crippen MR) is 46.5 cm³/mol. The second-order valence-corrected chi connectivity index (χ2v) is 3.55. The second-order valence-electron chi connectivity index (χ2n) is 3.55. The zero-order chi connectivity index (χ0) is 10.1. The number of aliphatic hydroxyl groups is 2. The molecule has 0 aromatic carbocycles. The SMILES string of the molecule is O=C1CCC2=CC(CCC(O)O)ON12. The smallest absolute Gasteiger partial charge is 0.250 e. The number of nitrogens with zero attached hydrogens (tertiary/aromatic N) is 1. The van der Waals surface area contributed by atoms with Crippen molar-refractivity contribution in [2.75, 3.05) is 0 Å². The third-order valence-electron chi connectivity index (χ3n) is 2.41. The van der Waals surface area contributed by atoms with Crippen molar-refractivity contribution in [2.24, 2.45) is 0 Å². The van der Waals surface area contributed by atoms with E-state index in [2.05, 4.69) is 0 Å². The van der Waals surface area contributed by atoms with Gasteiger partial charge in [-0.2, -0.15) is 5.06 Å². The highest BCUT2D eigenvalue weighted by Gasteiger charge is 2.34. The summed E-state index contributed by atoms with van der Waals surface area (Å²) in [5, 5.41) is 18.7. The maximum absolute atomic E-state index is 11.2. The van der Waals surface area contributed by atoms with Crippen LogP contribution in [0.5, 0.6) is 0 Å². The van der Waals surface area contributed by atoms with Crippen molar-refractivity contribution in [3.05, 3.63) is 11.8 Å². The van der Waals surface area contributed by atoms with E-state index in [1.54, 1.807) is 0 Å². The molecule has 0 aliphatic carbocycles. The number of amides is 1. The first-order chi connectivity index (χ1) is 6.66. The third kappa shape index (κ3) is 1.79. The molecule has 1 saturated heterocycles. The number of fused-ring (bicyclic) bond motifs is 1. The van der Waals surface area contributed by atoms with Gasteiger partial charge in [0, 0.05) is 18.5 Å². The van der Waals surface area contributed by atoms with Crippen LogP contribution in [0.1, 0.15) is 25.7 Å². The second kappa shape index (κ2) is 3.68. The lowest BCUT2D eigenvalue weighted by Gasteiger charge is -2.14. The number of aliphatic hydroxyl groups excluding tert-OH is 1. The van der Waals surface area contributed by atoms with E-state index in [9.17, 15) is 4.79 Å². The summed E-state index contributed by atoms with van der Waals surface area (Å²) in [7, 11) is 0. The van der Waals surface area contributed by atoms with Gasteiger partial charge in [-0.3, -0.25) is 9.63 Å². The van der Waals surface area contributed by atoms with Gasteiger partial charge in [0.15, 0.2) is 6.29 Å². The van der Waals surface area contributed by atoms with Gasteiger partial charge in [0.1, 0.15) is 6.10 Å². The van der Waals surface area contributed by atoms with Crippen LogP contribution < -0.4 is 0 Å². The number of hydrogen-bond acceptors (Lipinski definition) is 4. The number of rotatable bonds is 3. The molecule has 14 heavy (non-hydrogen) atoms. The van der Waals surface area contributed by atoms with Crippen molar-refractivity contribution < 1.29 is 19.8 Å². The fraction of sp³-hybridized carbons (Fsp3) is 0.667. The normalized spacial score (nSPS) is 25.9. The van der Waals surface area contributed by atoms with Gasteiger partial charge in [0.2, 0.25) is 0 Å². The molecule has 2 heterocycles. The zero-order valence-electron chi connectivity index (χ0n) is 7.72. The zero-order valence-corrected chi connectivity index (χ0v) is 7.72. The van der Waals surface area contributed by atoms with E-state index in [0.29, 0.717) is 12.8 Å². The first-order valence-corrected chi connectivity index (χ1v) is 4.73. The van der Waals surface area contributed by atoms with Gasteiger partial charge in [-0.15, -0.1) is 0 Å². The molecule has 0 bridgehead atoms. The fourth-order valence-electron chi connectivity index (χ4n) is 1.71. The van der Waals surface area contributed by atoms with Crippen LogP contribution in [0, 0.1) is 0 Å². The summed E-state index contributed by atoms with van der Waals surface area (Å²) in [6.07, 6.45) is 2.42. The number of hydroxylamine groups is 2. The summed E-state index contributed by atoms with van der Waals surface area (Å²) in [4.78, 5) is 16.5. The van der Waals surface area contributed by atoms with Crippen molar-refractivity contribution in [1.82, 2.24) is 5.06 Å². The van der Waals surface area contributed by atoms with Crippen LogP contribution in [0.15, 0.2) is 11.8 Å². The highest BCUT2D eigenvalue weighted by Crippen LogP contribution is 2.31. The summed E-state index contributed by atoms with van der Waals surface area (Å²) in [6.45, 7) is 0. The number of hydrogen-bond donors (Lipinski definition) is 2. The topological polar surface area (TPSA) is 70.0 Å². The van der Waals surface area contributed by atoms with Gasteiger partial charge >= 0.3 is 0 Å². The standard InChI is InChI=1S/C9H13NO4/c11-8-3-1-6-5-7(14-10(6)8)2-4-9(12)13/h5,7,9,12-13H,1-4H2. The molecule has 1 amide bonds. The molecule has 2 aliphatic heterocycles. The van der Waals surface area contributed by atoms with Crippen molar-refractivity contribution >= 4 is 5.91 Å². The van der Waals surface area contributed by atoms with E-state index in [4.69, 9.17) is 15.1 Å². The first-order valence-electron chi connectivity index (χ1n) is 4.73. The Morgan fingerprint density at radius 1 is 1.57 bits per heavy atom. The van der Waals surface area contributed by atoms with Crippen molar-refractivity contribution in [3.63, 3.8) is 0 Å². The molecule has 0 aromatic rings. The monoisotopic (exact) mass is 199 g/mol.